The molecule has 0 radical (unpaired) electrons. The Morgan fingerprint density at radius 1 is 1.18 bits per heavy atom. The third-order valence-electron chi connectivity index (χ3n) is 3.45. The summed E-state index contributed by atoms with van der Waals surface area (Å²) in [4.78, 5) is 3.85. The fourth-order valence-corrected chi connectivity index (χ4v) is 2.52. The molecule has 1 N–H and O–H groups in total. The predicted octanol–water partition coefficient (Wildman–Crippen LogP) is 4.86. The number of H-pyrrole nitrogens is 1. The maximum Gasteiger partial charge on any atom is 0.417 e. The predicted molar refractivity (Wildman–Crippen MR) is 78.7 cm³/mol. The highest BCUT2D eigenvalue weighted by molar-refractivity contribution is 6.30. The zero-order valence-electron chi connectivity index (χ0n) is 11.5. The minimum atomic E-state index is -4.53. The summed E-state index contributed by atoms with van der Waals surface area (Å²) in [6.45, 7) is 2.01. The highest BCUT2D eigenvalue weighted by Gasteiger charge is 2.35. The fraction of sp³-hybridized carbons (Fsp3) is 0.200. The molecule has 0 amide bonds. The summed E-state index contributed by atoms with van der Waals surface area (Å²) < 4.78 is 39.8. The summed E-state index contributed by atoms with van der Waals surface area (Å²) in [5.74, 6) is 0. The van der Waals surface area contributed by atoms with E-state index in [1.54, 1.807) is 12.1 Å². The van der Waals surface area contributed by atoms with Crippen LogP contribution < -0.4 is 0 Å². The molecule has 1 aromatic carbocycles. The summed E-state index contributed by atoms with van der Waals surface area (Å²) >= 11 is 5.66. The van der Waals surface area contributed by atoms with Crippen LogP contribution in [-0.2, 0) is 12.6 Å². The highest BCUT2D eigenvalue weighted by atomic mass is 35.5. The third kappa shape index (κ3) is 2.54. The number of rotatable bonds is 2. The van der Waals surface area contributed by atoms with Crippen molar-refractivity contribution in [1.82, 2.24) is 15.2 Å². The summed E-state index contributed by atoms with van der Waals surface area (Å²) in [5, 5.41) is 6.18. The monoisotopic (exact) mass is 325 g/mol. The Balaban J connectivity index is 2.26. The van der Waals surface area contributed by atoms with Gasteiger partial charge >= 0.3 is 6.18 Å². The number of benzene rings is 1. The van der Waals surface area contributed by atoms with Crippen LogP contribution in [0.2, 0.25) is 5.15 Å². The van der Waals surface area contributed by atoms with Crippen molar-refractivity contribution in [1.29, 1.82) is 0 Å². The molecule has 2 heterocycles. The Morgan fingerprint density at radius 3 is 2.45 bits per heavy atom. The van der Waals surface area contributed by atoms with Gasteiger partial charge in [-0.25, -0.2) is 4.98 Å². The van der Waals surface area contributed by atoms with Gasteiger partial charge < -0.3 is 0 Å². The number of aromatic nitrogens is 3. The fourth-order valence-electron chi connectivity index (χ4n) is 2.33. The largest absolute Gasteiger partial charge is 0.417 e. The zero-order valence-corrected chi connectivity index (χ0v) is 12.3. The number of hydrogen-bond donors (Lipinski definition) is 1. The van der Waals surface area contributed by atoms with Crippen LogP contribution in [0.1, 0.15) is 18.1 Å². The normalized spacial score (nSPS) is 12.0. The van der Waals surface area contributed by atoms with E-state index < -0.39 is 11.7 Å². The first-order valence-corrected chi connectivity index (χ1v) is 6.99. The van der Waals surface area contributed by atoms with E-state index in [1.165, 1.54) is 0 Å². The number of hydrogen-bond acceptors (Lipinski definition) is 2. The van der Waals surface area contributed by atoms with Crippen molar-refractivity contribution in [3.63, 3.8) is 0 Å². The van der Waals surface area contributed by atoms with Crippen LogP contribution in [0.4, 0.5) is 13.2 Å². The van der Waals surface area contributed by atoms with Gasteiger partial charge in [-0.1, -0.05) is 42.8 Å². The van der Waals surface area contributed by atoms with Crippen molar-refractivity contribution in [3.8, 4) is 11.3 Å². The van der Waals surface area contributed by atoms with Gasteiger partial charge in [0.25, 0.3) is 0 Å². The van der Waals surface area contributed by atoms with E-state index in [2.05, 4.69) is 15.2 Å². The van der Waals surface area contributed by atoms with Crippen LogP contribution in [0.25, 0.3) is 22.3 Å². The number of nitrogens with one attached hydrogen (secondary N) is 1. The molecule has 114 valence electrons. The quantitative estimate of drug-likeness (QED) is 0.684. The Bertz CT molecular complexity index is 822. The Kier molecular flexibility index (Phi) is 3.56. The van der Waals surface area contributed by atoms with Crippen molar-refractivity contribution in [3.05, 3.63) is 46.6 Å². The average molecular weight is 326 g/mol. The number of nitrogens with zero attached hydrogens (tertiary/aromatic N) is 2. The lowest BCUT2D eigenvalue weighted by molar-refractivity contribution is -0.136. The molecule has 3 nitrogen and oxygen atoms in total. The molecule has 0 saturated heterocycles. The molecule has 0 unspecified atom stereocenters. The standard InChI is InChI=1S/C15H11ClF3N3/c1-2-8-3-5-9(6-4-8)13-12-10(15(17,18)19)7-11(16)20-14(12)22-21-13/h3-7H,2H2,1H3,(H,20,21,22). The van der Waals surface area contributed by atoms with Crippen LogP contribution in [0.5, 0.6) is 0 Å². The van der Waals surface area contributed by atoms with Crippen LogP contribution in [0.3, 0.4) is 0 Å². The zero-order chi connectivity index (χ0) is 15.9. The molecular weight excluding hydrogens is 315 g/mol. The first-order valence-electron chi connectivity index (χ1n) is 6.61. The van der Waals surface area contributed by atoms with E-state index in [4.69, 9.17) is 11.6 Å². The molecule has 0 bridgehead atoms. The lowest BCUT2D eigenvalue weighted by Crippen LogP contribution is -2.06. The second-order valence-electron chi connectivity index (χ2n) is 4.84. The maximum atomic E-state index is 13.3. The number of halogens is 4. The minimum Gasteiger partial charge on any atom is -0.275 e. The van der Waals surface area contributed by atoms with Gasteiger partial charge in [0, 0.05) is 5.56 Å². The van der Waals surface area contributed by atoms with E-state index in [1.807, 2.05) is 19.1 Å². The van der Waals surface area contributed by atoms with Gasteiger partial charge in [0.05, 0.1) is 16.6 Å². The molecule has 22 heavy (non-hydrogen) atoms. The van der Waals surface area contributed by atoms with E-state index in [-0.39, 0.29) is 21.9 Å². The topological polar surface area (TPSA) is 41.6 Å². The van der Waals surface area contributed by atoms with E-state index in [0.29, 0.717) is 5.56 Å². The molecule has 0 fully saturated rings. The number of aryl methyl sites for hydroxylation is 1. The van der Waals surface area contributed by atoms with Gasteiger partial charge in [-0.2, -0.15) is 18.3 Å². The molecule has 0 atom stereocenters. The number of alkyl halides is 3. The van der Waals surface area contributed by atoms with Gasteiger partial charge in [0.2, 0.25) is 0 Å². The minimum absolute atomic E-state index is 0.0469. The molecule has 3 rings (SSSR count). The van der Waals surface area contributed by atoms with Crippen molar-refractivity contribution in [2.24, 2.45) is 0 Å². The SMILES string of the molecule is CCc1ccc(-c2[nH]nc3nc(Cl)cc(C(F)(F)F)c23)cc1. The molecule has 2 aromatic heterocycles. The average Bonchev–Trinajstić information content (AvgIpc) is 2.89. The van der Waals surface area contributed by atoms with Gasteiger partial charge in [-0.3, -0.25) is 5.10 Å². The molecule has 0 aliphatic rings. The van der Waals surface area contributed by atoms with Gasteiger partial charge in [0.1, 0.15) is 5.15 Å². The van der Waals surface area contributed by atoms with E-state index >= 15 is 0 Å². The lowest BCUT2D eigenvalue weighted by Gasteiger charge is -2.09. The van der Waals surface area contributed by atoms with E-state index in [0.717, 1.165) is 18.1 Å². The van der Waals surface area contributed by atoms with Crippen LogP contribution >= 0.6 is 11.6 Å². The summed E-state index contributed by atoms with van der Waals surface area (Å²) in [7, 11) is 0. The van der Waals surface area contributed by atoms with Crippen LogP contribution in [0, 0.1) is 0 Å². The van der Waals surface area contributed by atoms with Crippen molar-refractivity contribution >= 4 is 22.6 Å². The number of fused-ring (bicyclic) bond motifs is 1. The third-order valence-corrected chi connectivity index (χ3v) is 3.64. The Morgan fingerprint density at radius 2 is 1.86 bits per heavy atom. The molecule has 0 aliphatic heterocycles. The first-order chi connectivity index (χ1) is 10.4. The Hall–Kier alpha value is -2.08. The molecule has 0 spiro atoms. The van der Waals surface area contributed by atoms with Crippen LogP contribution in [0.15, 0.2) is 30.3 Å². The molecule has 7 heteroatoms. The first kappa shape index (κ1) is 14.8. The second-order valence-corrected chi connectivity index (χ2v) is 5.23. The number of aromatic amines is 1. The summed E-state index contributed by atoms with van der Waals surface area (Å²) in [6, 6.07) is 8.10. The molecule has 3 aromatic rings. The second kappa shape index (κ2) is 5.28. The lowest BCUT2D eigenvalue weighted by atomic mass is 10.0. The Labute approximate surface area is 129 Å². The van der Waals surface area contributed by atoms with Gasteiger partial charge in [-0.05, 0) is 18.1 Å². The highest BCUT2D eigenvalue weighted by Crippen LogP contribution is 2.39. The smallest absolute Gasteiger partial charge is 0.275 e. The maximum absolute atomic E-state index is 13.3. The number of pyridine rings is 1. The van der Waals surface area contributed by atoms with Crippen molar-refractivity contribution in [2.45, 2.75) is 19.5 Å². The molecular formula is C15H11ClF3N3. The van der Waals surface area contributed by atoms with Crippen molar-refractivity contribution in [2.75, 3.05) is 0 Å². The molecule has 0 aliphatic carbocycles. The van der Waals surface area contributed by atoms with Crippen LogP contribution in [-0.4, -0.2) is 15.2 Å². The summed E-state index contributed by atoms with van der Waals surface area (Å²) in [6.07, 6.45) is -3.68. The van der Waals surface area contributed by atoms with Crippen molar-refractivity contribution < 1.29 is 13.2 Å². The van der Waals surface area contributed by atoms with Gasteiger partial charge in [0.15, 0.2) is 5.65 Å². The summed E-state index contributed by atoms with van der Waals surface area (Å²) in [5.41, 5.74) is 1.12. The van der Waals surface area contributed by atoms with Gasteiger partial charge in [-0.15, -0.1) is 0 Å². The molecule has 0 saturated carbocycles. The van der Waals surface area contributed by atoms with E-state index in [9.17, 15) is 13.2 Å².